The zero-order valence-corrected chi connectivity index (χ0v) is 14.0. The number of nitro benzene ring substituents is 1. The van der Waals surface area contributed by atoms with E-state index in [-0.39, 0.29) is 11.4 Å². The summed E-state index contributed by atoms with van der Waals surface area (Å²) in [6.45, 7) is 1.58. The summed E-state index contributed by atoms with van der Waals surface area (Å²) in [4.78, 5) is 22.2. The highest BCUT2D eigenvalue weighted by Gasteiger charge is 2.11. The Morgan fingerprint density at radius 2 is 1.80 bits per heavy atom. The van der Waals surface area contributed by atoms with Crippen molar-refractivity contribution in [3.05, 3.63) is 63.7 Å². The number of aryl methyl sites for hydroxylation is 1. The summed E-state index contributed by atoms with van der Waals surface area (Å²) in [5, 5.41) is 10.8. The van der Waals surface area contributed by atoms with Gasteiger partial charge in [-0.15, -0.1) is 0 Å². The number of carbonyl (C=O) groups is 1. The fraction of sp³-hybridized carbons (Fsp3) is 0.167. The van der Waals surface area contributed by atoms with Crippen molar-refractivity contribution in [3.63, 3.8) is 0 Å². The molecule has 0 unspecified atom stereocenters. The van der Waals surface area contributed by atoms with Gasteiger partial charge in [0.2, 0.25) is 0 Å². The average Bonchev–Trinajstić information content (AvgIpc) is 2.59. The van der Waals surface area contributed by atoms with Crippen LogP contribution in [0.4, 0.5) is 5.69 Å². The maximum Gasteiger partial charge on any atom is 0.336 e. The molecule has 0 aromatic heterocycles. The lowest BCUT2D eigenvalue weighted by atomic mass is 10.2. The first-order valence-electron chi connectivity index (χ1n) is 7.31. The number of hydrogen-bond donors (Lipinski definition) is 0. The van der Waals surface area contributed by atoms with E-state index in [9.17, 15) is 14.9 Å². The van der Waals surface area contributed by atoms with Gasteiger partial charge in [0, 0.05) is 17.7 Å². The number of nitro groups is 1. The van der Waals surface area contributed by atoms with Gasteiger partial charge >= 0.3 is 5.97 Å². The van der Waals surface area contributed by atoms with E-state index in [0.29, 0.717) is 17.1 Å². The van der Waals surface area contributed by atoms with Crippen LogP contribution >= 0.6 is 0 Å². The molecule has 0 saturated carbocycles. The summed E-state index contributed by atoms with van der Waals surface area (Å²) >= 11 is 0. The van der Waals surface area contributed by atoms with Gasteiger partial charge < -0.3 is 14.2 Å². The molecule has 7 nitrogen and oxygen atoms in total. The van der Waals surface area contributed by atoms with Gasteiger partial charge in [-0.3, -0.25) is 10.1 Å². The first kappa shape index (κ1) is 18.0. The van der Waals surface area contributed by atoms with E-state index < -0.39 is 10.9 Å². The Bertz CT molecular complexity index is 828. The summed E-state index contributed by atoms with van der Waals surface area (Å²) in [5.74, 6) is 0.778. The van der Waals surface area contributed by atoms with Crippen LogP contribution in [0.25, 0.3) is 6.08 Å². The predicted octanol–water partition coefficient (Wildman–Crippen LogP) is 3.54. The van der Waals surface area contributed by atoms with Gasteiger partial charge in [-0.25, -0.2) is 4.79 Å². The van der Waals surface area contributed by atoms with Gasteiger partial charge in [0.1, 0.15) is 5.75 Å². The van der Waals surface area contributed by atoms with Crippen LogP contribution in [0.15, 0.2) is 42.5 Å². The molecule has 7 heteroatoms. The molecule has 2 rings (SSSR count). The molecular weight excluding hydrogens is 326 g/mol. The first-order chi connectivity index (χ1) is 11.9. The highest BCUT2D eigenvalue weighted by atomic mass is 16.6. The molecule has 0 bridgehead atoms. The lowest BCUT2D eigenvalue weighted by Gasteiger charge is -2.07. The van der Waals surface area contributed by atoms with E-state index in [1.165, 1.54) is 38.5 Å². The maximum absolute atomic E-state index is 11.9. The van der Waals surface area contributed by atoms with Gasteiger partial charge in [0.05, 0.1) is 19.1 Å². The molecule has 2 aromatic carbocycles. The molecule has 0 N–H and O–H groups in total. The summed E-state index contributed by atoms with van der Waals surface area (Å²) in [6, 6.07) is 9.34. The minimum absolute atomic E-state index is 0.0272. The zero-order chi connectivity index (χ0) is 18.4. The quantitative estimate of drug-likeness (QED) is 0.262. The zero-order valence-electron chi connectivity index (χ0n) is 14.0. The van der Waals surface area contributed by atoms with Crippen LogP contribution in [0.2, 0.25) is 0 Å². The molecule has 25 heavy (non-hydrogen) atoms. The third-order valence-corrected chi connectivity index (χ3v) is 3.40. The Balaban J connectivity index is 2.08. The molecule has 0 saturated heterocycles. The van der Waals surface area contributed by atoms with Crippen LogP contribution in [0.1, 0.15) is 11.1 Å². The first-order valence-corrected chi connectivity index (χ1v) is 7.31. The van der Waals surface area contributed by atoms with Gasteiger partial charge in [0.25, 0.3) is 5.69 Å². The molecular formula is C18H17NO6. The van der Waals surface area contributed by atoms with Crippen molar-refractivity contribution in [1.29, 1.82) is 0 Å². The summed E-state index contributed by atoms with van der Waals surface area (Å²) in [6.07, 6.45) is 2.83. The standard InChI is InChI=1S/C18H17NO6/c1-12-10-14(6-7-15(12)19(21)22)25-18(20)9-5-13-4-8-16(23-2)17(11-13)24-3/h4-11H,1-3H3. The Labute approximate surface area is 144 Å². The van der Waals surface area contributed by atoms with Crippen molar-refractivity contribution >= 4 is 17.7 Å². The molecule has 0 heterocycles. The monoisotopic (exact) mass is 343 g/mol. The third kappa shape index (κ3) is 4.57. The molecule has 130 valence electrons. The number of nitrogens with zero attached hydrogens (tertiary/aromatic N) is 1. The van der Waals surface area contributed by atoms with E-state index in [4.69, 9.17) is 14.2 Å². The Morgan fingerprint density at radius 1 is 1.08 bits per heavy atom. The van der Waals surface area contributed by atoms with Crippen LogP contribution in [0.5, 0.6) is 17.2 Å². The van der Waals surface area contributed by atoms with Crippen molar-refractivity contribution in [1.82, 2.24) is 0 Å². The summed E-state index contributed by atoms with van der Waals surface area (Å²) in [5.41, 5.74) is 1.12. The lowest BCUT2D eigenvalue weighted by molar-refractivity contribution is -0.385. The Kier molecular flexibility index (Phi) is 5.73. The smallest absolute Gasteiger partial charge is 0.336 e. The summed E-state index contributed by atoms with van der Waals surface area (Å²) in [7, 11) is 3.06. The van der Waals surface area contributed by atoms with Crippen molar-refractivity contribution in [2.45, 2.75) is 6.92 Å². The largest absolute Gasteiger partial charge is 0.493 e. The third-order valence-electron chi connectivity index (χ3n) is 3.40. The number of esters is 1. The molecule has 0 radical (unpaired) electrons. The van der Waals surface area contributed by atoms with E-state index in [2.05, 4.69) is 0 Å². The van der Waals surface area contributed by atoms with E-state index in [0.717, 1.165) is 5.56 Å². The molecule has 0 amide bonds. The minimum atomic E-state index is -0.594. The second-order valence-electron chi connectivity index (χ2n) is 5.07. The van der Waals surface area contributed by atoms with Crippen molar-refractivity contribution in [3.8, 4) is 17.2 Å². The minimum Gasteiger partial charge on any atom is -0.493 e. The number of hydrogen-bond acceptors (Lipinski definition) is 6. The molecule has 0 atom stereocenters. The van der Waals surface area contributed by atoms with E-state index in [1.807, 2.05) is 0 Å². The topological polar surface area (TPSA) is 87.9 Å². The maximum atomic E-state index is 11.9. The fourth-order valence-electron chi connectivity index (χ4n) is 2.17. The second-order valence-corrected chi connectivity index (χ2v) is 5.07. The van der Waals surface area contributed by atoms with Crippen LogP contribution in [0, 0.1) is 17.0 Å². The number of methoxy groups -OCH3 is 2. The normalized spacial score (nSPS) is 10.5. The van der Waals surface area contributed by atoms with E-state index in [1.54, 1.807) is 31.2 Å². The van der Waals surface area contributed by atoms with Gasteiger partial charge in [-0.05, 0) is 42.8 Å². The Hall–Kier alpha value is -3.35. The number of ether oxygens (including phenoxy) is 3. The molecule has 2 aromatic rings. The van der Waals surface area contributed by atoms with Crippen molar-refractivity contribution < 1.29 is 23.9 Å². The Morgan fingerprint density at radius 3 is 2.40 bits per heavy atom. The van der Waals surface area contributed by atoms with Crippen molar-refractivity contribution in [2.24, 2.45) is 0 Å². The van der Waals surface area contributed by atoms with Crippen LogP contribution in [-0.2, 0) is 4.79 Å². The lowest BCUT2D eigenvalue weighted by Crippen LogP contribution is -2.04. The second kappa shape index (κ2) is 7.96. The van der Waals surface area contributed by atoms with E-state index >= 15 is 0 Å². The number of benzene rings is 2. The van der Waals surface area contributed by atoms with Gasteiger partial charge in [0.15, 0.2) is 11.5 Å². The molecule has 0 aliphatic heterocycles. The molecule has 0 fully saturated rings. The predicted molar refractivity (Wildman–Crippen MR) is 92.0 cm³/mol. The number of rotatable bonds is 6. The van der Waals surface area contributed by atoms with Gasteiger partial charge in [-0.2, -0.15) is 0 Å². The molecule has 0 spiro atoms. The van der Waals surface area contributed by atoms with Crippen molar-refractivity contribution in [2.75, 3.05) is 14.2 Å². The van der Waals surface area contributed by atoms with Gasteiger partial charge in [-0.1, -0.05) is 6.07 Å². The SMILES string of the molecule is COc1ccc(C=CC(=O)Oc2ccc([N+](=O)[O-])c(C)c2)cc1OC. The fourth-order valence-corrected chi connectivity index (χ4v) is 2.17. The number of carbonyl (C=O) groups excluding carboxylic acids is 1. The average molecular weight is 343 g/mol. The molecule has 0 aliphatic carbocycles. The highest BCUT2D eigenvalue weighted by Crippen LogP contribution is 2.28. The summed E-state index contributed by atoms with van der Waals surface area (Å²) < 4.78 is 15.5. The van der Waals surface area contributed by atoms with Crippen LogP contribution in [-0.4, -0.2) is 25.1 Å². The highest BCUT2D eigenvalue weighted by molar-refractivity contribution is 5.88. The van der Waals surface area contributed by atoms with Crippen LogP contribution in [0.3, 0.4) is 0 Å². The van der Waals surface area contributed by atoms with Crippen LogP contribution < -0.4 is 14.2 Å². The molecule has 0 aliphatic rings.